The first kappa shape index (κ1) is 16.8. The molecule has 4 rings (SSSR count). The van der Waals surface area contributed by atoms with Crippen LogP contribution in [-0.2, 0) is 4.79 Å². The topological polar surface area (TPSA) is 57.5 Å². The Morgan fingerprint density at radius 2 is 1.96 bits per heavy atom. The normalized spacial score (nSPS) is 52.1. The second-order valence-corrected chi connectivity index (χ2v) is 9.58. The maximum atomic E-state index is 11.9. The van der Waals surface area contributed by atoms with E-state index >= 15 is 0 Å². The molecule has 0 heterocycles. The van der Waals surface area contributed by atoms with Crippen molar-refractivity contribution in [2.75, 3.05) is 0 Å². The molecule has 2 N–H and O–H groups in total. The lowest BCUT2D eigenvalue weighted by atomic mass is 9.46. The van der Waals surface area contributed by atoms with Gasteiger partial charge in [0, 0.05) is 6.42 Å². The van der Waals surface area contributed by atoms with Gasteiger partial charge >= 0.3 is 0 Å². The molecule has 0 aliphatic heterocycles. The Morgan fingerprint density at radius 1 is 1.21 bits per heavy atom. The van der Waals surface area contributed by atoms with E-state index in [9.17, 15) is 15.0 Å². The minimum Gasteiger partial charge on any atom is -0.393 e. The molecular formula is C21H32O3. The highest BCUT2D eigenvalue weighted by Gasteiger charge is 2.62. The van der Waals surface area contributed by atoms with E-state index in [1.54, 1.807) is 0 Å². The quantitative estimate of drug-likeness (QED) is 0.773. The molecule has 0 radical (unpaired) electrons. The first-order valence-corrected chi connectivity index (χ1v) is 9.87. The van der Waals surface area contributed by atoms with Crippen molar-refractivity contribution in [1.82, 2.24) is 0 Å². The Bertz CT molecular complexity index is 580. The van der Waals surface area contributed by atoms with Crippen molar-refractivity contribution in [3.05, 3.63) is 11.6 Å². The standard InChI is InChI=1S/C21H32O3/c1-12(22)17-11-18(24)19-15-5-4-13-10-14(23)6-8-20(13,2)16(15)7-9-21(17,19)3/h10,12,15-19,22,24H,4-9,11H2,1-3H3/t12-,15-,16+,17-,18-,19-,20+,21-/m1/s1. The van der Waals surface area contributed by atoms with E-state index in [1.807, 2.05) is 13.0 Å². The lowest BCUT2D eigenvalue weighted by Gasteiger charge is -2.58. The van der Waals surface area contributed by atoms with Crippen LogP contribution in [0.4, 0.5) is 0 Å². The van der Waals surface area contributed by atoms with Gasteiger partial charge in [-0.15, -0.1) is 0 Å². The van der Waals surface area contributed by atoms with Gasteiger partial charge in [0.25, 0.3) is 0 Å². The Kier molecular flexibility index (Phi) is 3.78. The lowest BCUT2D eigenvalue weighted by Crippen LogP contribution is -2.52. The predicted molar refractivity (Wildman–Crippen MR) is 93.3 cm³/mol. The number of aliphatic hydroxyl groups excluding tert-OH is 2. The van der Waals surface area contributed by atoms with Crippen LogP contribution in [0.15, 0.2) is 11.6 Å². The molecule has 0 bridgehead atoms. The molecule has 8 atom stereocenters. The van der Waals surface area contributed by atoms with Gasteiger partial charge in [-0.3, -0.25) is 4.79 Å². The number of carbonyl (C=O) groups excluding carboxylic acids is 1. The molecular weight excluding hydrogens is 300 g/mol. The fourth-order valence-corrected chi connectivity index (χ4v) is 7.42. The van der Waals surface area contributed by atoms with E-state index in [0.717, 1.165) is 32.1 Å². The molecule has 0 aromatic rings. The summed E-state index contributed by atoms with van der Waals surface area (Å²) in [5, 5.41) is 21.2. The number of allylic oxidation sites excluding steroid dienone is 1. The largest absolute Gasteiger partial charge is 0.393 e. The van der Waals surface area contributed by atoms with E-state index in [-0.39, 0.29) is 29.0 Å². The fourth-order valence-electron chi connectivity index (χ4n) is 7.42. The van der Waals surface area contributed by atoms with E-state index in [0.29, 0.717) is 30.0 Å². The smallest absolute Gasteiger partial charge is 0.155 e. The van der Waals surface area contributed by atoms with Gasteiger partial charge in [-0.2, -0.15) is 0 Å². The first-order chi connectivity index (χ1) is 11.3. The van der Waals surface area contributed by atoms with Gasteiger partial charge in [-0.05, 0) is 86.0 Å². The van der Waals surface area contributed by atoms with Crippen molar-refractivity contribution in [2.45, 2.75) is 77.9 Å². The first-order valence-electron chi connectivity index (χ1n) is 9.87. The summed E-state index contributed by atoms with van der Waals surface area (Å²) in [4.78, 5) is 11.9. The second-order valence-electron chi connectivity index (χ2n) is 9.58. The second kappa shape index (κ2) is 5.41. The van der Waals surface area contributed by atoms with Gasteiger partial charge in [0.1, 0.15) is 0 Å². The van der Waals surface area contributed by atoms with Crippen LogP contribution in [-0.4, -0.2) is 28.2 Å². The van der Waals surface area contributed by atoms with Gasteiger partial charge in [0.05, 0.1) is 12.2 Å². The van der Waals surface area contributed by atoms with Gasteiger partial charge in [0.2, 0.25) is 0 Å². The molecule has 3 nitrogen and oxygen atoms in total. The number of hydrogen-bond donors (Lipinski definition) is 2. The molecule has 0 saturated heterocycles. The Labute approximate surface area is 145 Å². The third kappa shape index (κ3) is 2.13. The molecule has 3 saturated carbocycles. The highest BCUT2D eigenvalue weighted by atomic mass is 16.3. The minimum atomic E-state index is -0.340. The molecule has 134 valence electrons. The van der Waals surface area contributed by atoms with Crippen molar-refractivity contribution in [3.8, 4) is 0 Å². The van der Waals surface area contributed by atoms with E-state index in [1.165, 1.54) is 12.0 Å². The molecule has 3 heteroatoms. The lowest BCUT2D eigenvalue weighted by molar-refractivity contribution is -0.119. The average Bonchev–Trinajstić information content (AvgIpc) is 2.80. The van der Waals surface area contributed by atoms with Crippen LogP contribution in [0.25, 0.3) is 0 Å². The number of hydrogen-bond acceptors (Lipinski definition) is 3. The molecule has 4 aliphatic carbocycles. The Morgan fingerprint density at radius 3 is 2.67 bits per heavy atom. The summed E-state index contributed by atoms with van der Waals surface area (Å²) >= 11 is 0. The molecule has 0 aromatic carbocycles. The van der Waals surface area contributed by atoms with Crippen molar-refractivity contribution < 1.29 is 15.0 Å². The van der Waals surface area contributed by atoms with Crippen LogP contribution in [0.5, 0.6) is 0 Å². The van der Waals surface area contributed by atoms with Crippen LogP contribution in [0.2, 0.25) is 0 Å². The van der Waals surface area contributed by atoms with Gasteiger partial charge in [-0.25, -0.2) is 0 Å². The van der Waals surface area contributed by atoms with Crippen molar-refractivity contribution in [2.24, 2.45) is 34.5 Å². The summed E-state index contributed by atoms with van der Waals surface area (Å²) in [6.45, 7) is 6.59. The van der Waals surface area contributed by atoms with Crippen molar-refractivity contribution in [1.29, 1.82) is 0 Å². The third-order valence-corrected chi connectivity index (χ3v) is 8.60. The summed E-state index contributed by atoms with van der Waals surface area (Å²) < 4.78 is 0. The van der Waals surface area contributed by atoms with E-state index in [2.05, 4.69) is 13.8 Å². The van der Waals surface area contributed by atoms with Crippen LogP contribution < -0.4 is 0 Å². The highest BCUT2D eigenvalue weighted by Crippen LogP contribution is 2.66. The number of ketones is 1. The Balaban J connectivity index is 1.69. The molecule has 4 aliphatic rings. The van der Waals surface area contributed by atoms with Gasteiger partial charge in [-0.1, -0.05) is 19.4 Å². The number of rotatable bonds is 1. The number of carbonyl (C=O) groups is 1. The van der Waals surface area contributed by atoms with E-state index in [4.69, 9.17) is 0 Å². The molecule has 0 aromatic heterocycles. The molecule has 0 amide bonds. The molecule has 3 fully saturated rings. The predicted octanol–water partition coefficient (Wildman–Crippen LogP) is 3.49. The summed E-state index contributed by atoms with van der Waals surface area (Å²) in [6.07, 6.45) is 8.14. The number of aliphatic hydroxyl groups is 2. The highest BCUT2D eigenvalue weighted by molar-refractivity contribution is 5.91. The van der Waals surface area contributed by atoms with Crippen LogP contribution in [0.3, 0.4) is 0 Å². The van der Waals surface area contributed by atoms with Gasteiger partial charge in [0.15, 0.2) is 5.78 Å². The molecule has 0 spiro atoms. The summed E-state index contributed by atoms with van der Waals surface area (Å²) in [6, 6.07) is 0. The number of fused-ring (bicyclic) bond motifs is 5. The van der Waals surface area contributed by atoms with Crippen LogP contribution in [0.1, 0.15) is 65.7 Å². The van der Waals surface area contributed by atoms with Crippen molar-refractivity contribution in [3.63, 3.8) is 0 Å². The summed E-state index contributed by atoms with van der Waals surface area (Å²) in [5.74, 6) is 1.96. The minimum absolute atomic E-state index is 0.0663. The van der Waals surface area contributed by atoms with Gasteiger partial charge < -0.3 is 10.2 Å². The zero-order valence-electron chi connectivity index (χ0n) is 15.3. The maximum Gasteiger partial charge on any atom is 0.155 e. The van der Waals surface area contributed by atoms with Crippen LogP contribution in [0, 0.1) is 34.5 Å². The Hall–Kier alpha value is -0.670. The zero-order valence-corrected chi connectivity index (χ0v) is 15.3. The SMILES string of the molecule is C[C@@H](O)[C@H]1C[C@@H](O)[C@H]2[C@@H]3CCC4=CC(=O)CC[C@]4(C)[C@H]3CC[C@@]21C. The average molecular weight is 332 g/mol. The fraction of sp³-hybridized carbons (Fsp3) is 0.857. The third-order valence-electron chi connectivity index (χ3n) is 8.60. The summed E-state index contributed by atoms with van der Waals surface area (Å²) in [7, 11) is 0. The van der Waals surface area contributed by atoms with Crippen molar-refractivity contribution >= 4 is 5.78 Å². The monoisotopic (exact) mass is 332 g/mol. The zero-order chi connectivity index (χ0) is 17.3. The summed E-state index contributed by atoms with van der Waals surface area (Å²) in [5.41, 5.74) is 1.60. The maximum absolute atomic E-state index is 11.9. The molecule has 0 unspecified atom stereocenters. The van der Waals surface area contributed by atoms with E-state index < -0.39 is 0 Å². The van der Waals surface area contributed by atoms with Crippen LogP contribution >= 0.6 is 0 Å². The molecule has 24 heavy (non-hydrogen) atoms.